The molecular weight excluding hydrogens is 390 g/mol. The highest BCUT2D eigenvalue weighted by Crippen LogP contribution is 2.38. The van der Waals surface area contributed by atoms with E-state index in [1.807, 2.05) is 19.2 Å². The Balaban J connectivity index is 2.25. The minimum Gasteiger partial charge on any atom is -0.327 e. The molecule has 3 aromatic rings. The number of hydrogen-bond donors (Lipinski definition) is 1. The van der Waals surface area contributed by atoms with Crippen LogP contribution >= 0.6 is 43.2 Å². The second-order valence-electron chi connectivity index (χ2n) is 4.26. The first-order chi connectivity index (χ1) is 9.10. The SMILES string of the molecule is Cn1c(-c2cc(Br)sc2Br)nc2ccc(CN)cc21. The number of thiophene rings is 1. The highest BCUT2D eigenvalue weighted by molar-refractivity contribution is 9.12. The van der Waals surface area contributed by atoms with Crippen molar-refractivity contribution in [2.45, 2.75) is 6.54 Å². The minimum absolute atomic E-state index is 0.546. The Labute approximate surface area is 131 Å². The third-order valence-electron chi connectivity index (χ3n) is 3.08. The molecule has 0 amide bonds. The van der Waals surface area contributed by atoms with Crippen LogP contribution in [-0.4, -0.2) is 9.55 Å². The van der Waals surface area contributed by atoms with Crippen molar-refractivity contribution in [2.24, 2.45) is 12.8 Å². The summed E-state index contributed by atoms with van der Waals surface area (Å²) in [6, 6.07) is 8.23. The number of rotatable bonds is 2. The van der Waals surface area contributed by atoms with Crippen LogP contribution in [-0.2, 0) is 13.6 Å². The lowest BCUT2D eigenvalue weighted by Crippen LogP contribution is -1.96. The van der Waals surface area contributed by atoms with Gasteiger partial charge in [-0.15, -0.1) is 11.3 Å². The van der Waals surface area contributed by atoms with E-state index in [1.54, 1.807) is 11.3 Å². The van der Waals surface area contributed by atoms with E-state index in [1.165, 1.54) is 0 Å². The molecule has 0 radical (unpaired) electrons. The van der Waals surface area contributed by atoms with Gasteiger partial charge >= 0.3 is 0 Å². The number of aryl methyl sites for hydroxylation is 1. The molecule has 0 aliphatic rings. The molecule has 98 valence electrons. The largest absolute Gasteiger partial charge is 0.327 e. The molecule has 0 aliphatic heterocycles. The van der Waals surface area contributed by atoms with Gasteiger partial charge in [0.2, 0.25) is 0 Å². The summed E-state index contributed by atoms with van der Waals surface area (Å²) in [7, 11) is 2.03. The van der Waals surface area contributed by atoms with E-state index in [0.29, 0.717) is 6.54 Å². The van der Waals surface area contributed by atoms with Crippen LogP contribution in [0, 0.1) is 0 Å². The molecule has 0 unspecified atom stereocenters. The summed E-state index contributed by atoms with van der Waals surface area (Å²) in [5.74, 6) is 0.956. The van der Waals surface area contributed by atoms with Gasteiger partial charge in [-0.1, -0.05) is 6.07 Å². The normalized spacial score (nSPS) is 11.4. The second-order valence-corrected chi connectivity index (χ2v) is 8.01. The molecule has 3 rings (SSSR count). The molecule has 0 fully saturated rings. The molecular formula is C13H11Br2N3S. The maximum Gasteiger partial charge on any atom is 0.142 e. The van der Waals surface area contributed by atoms with Gasteiger partial charge in [-0.05, 0) is 55.6 Å². The number of aromatic nitrogens is 2. The average Bonchev–Trinajstić information content (AvgIpc) is 2.89. The first-order valence-electron chi connectivity index (χ1n) is 5.71. The van der Waals surface area contributed by atoms with Crippen LogP contribution in [0.5, 0.6) is 0 Å². The molecule has 1 aromatic carbocycles. The molecule has 19 heavy (non-hydrogen) atoms. The summed E-state index contributed by atoms with van der Waals surface area (Å²) in [5, 5.41) is 0. The van der Waals surface area contributed by atoms with E-state index in [9.17, 15) is 0 Å². The highest BCUT2D eigenvalue weighted by Gasteiger charge is 2.15. The van der Waals surface area contributed by atoms with Gasteiger partial charge in [0, 0.05) is 19.2 Å². The van der Waals surface area contributed by atoms with Gasteiger partial charge in [0.25, 0.3) is 0 Å². The van der Waals surface area contributed by atoms with Crippen LogP contribution in [0.3, 0.4) is 0 Å². The molecule has 6 heteroatoms. The van der Waals surface area contributed by atoms with Crippen LogP contribution in [0.25, 0.3) is 22.4 Å². The lowest BCUT2D eigenvalue weighted by atomic mass is 10.2. The highest BCUT2D eigenvalue weighted by atomic mass is 79.9. The summed E-state index contributed by atoms with van der Waals surface area (Å²) in [5.41, 5.74) is 10.0. The zero-order valence-corrected chi connectivity index (χ0v) is 14.1. The van der Waals surface area contributed by atoms with Crippen molar-refractivity contribution in [3.63, 3.8) is 0 Å². The summed E-state index contributed by atoms with van der Waals surface area (Å²) in [4.78, 5) is 4.71. The van der Waals surface area contributed by atoms with E-state index >= 15 is 0 Å². The summed E-state index contributed by atoms with van der Waals surface area (Å²) < 4.78 is 4.27. The van der Waals surface area contributed by atoms with Crippen LogP contribution in [0.4, 0.5) is 0 Å². The van der Waals surface area contributed by atoms with Crippen LogP contribution in [0.2, 0.25) is 0 Å². The fourth-order valence-corrected chi connectivity index (χ4v) is 4.89. The van der Waals surface area contributed by atoms with Crippen LogP contribution < -0.4 is 5.73 Å². The van der Waals surface area contributed by atoms with Gasteiger partial charge in [0.05, 0.1) is 18.6 Å². The van der Waals surface area contributed by atoms with E-state index < -0.39 is 0 Å². The third kappa shape index (κ3) is 2.27. The average molecular weight is 401 g/mol. The zero-order chi connectivity index (χ0) is 13.6. The quantitative estimate of drug-likeness (QED) is 0.697. The molecule has 3 nitrogen and oxygen atoms in total. The number of nitrogens with two attached hydrogens (primary N) is 1. The minimum atomic E-state index is 0.546. The Morgan fingerprint density at radius 1 is 1.32 bits per heavy atom. The predicted octanol–water partition coefficient (Wildman–Crippen LogP) is 4.29. The number of hydrogen-bond acceptors (Lipinski definition) is 3. The van der Waals surface area contributed by atoms with Crippen molar-refractivity contribution in [1.82, 2.24) is 9.55 Å². The molecule has 0 aliphatic carbocycles. The second kappa shape index (κ2) is 5.01. The molecule has 0 saturated carbocycles. The van der Waals surface area contributed by atoms with Crippen molar-refractivity contribution in [1.29, 1.82) is 0 Å². The van der Waals surface area contributed by atoms with Crippen LogP contribution in [0.1, 0.15) is 5.56 Å². The first-order valence-corrected chi connectivity index (χ1v) is 8.11. The Hall–Kier alpha value is -0.690. The molecule has 2 N–H and O–H groups in total. The van der Waals surface area contributed by atoms with Crippen molar-refractivity contribution in [3.05, 3.63) is 37.4 Å². The molecule has 0 bridgehead atoms. The van der Waals surface area contributed by atoms with E-state index in [4.69, 9.17) is 10.7 Å². The van der Waals surface area contributed by atoms with Crippen molar-refractivity contribution < 1.29 is 0 Å². The Bertz CT molecular complexity index is 761. The standard InChI is InChI=1S/C13H11Br2N3S/c1-18-10-4-7(6-16)2-3-9(10)17-13(18)8-5-11(14)19-12(8)15/h2-5H,6,16H2,1H3. The first kappa shape index (κ1) is 13.3. The predicted molar refractivity (Wildman–Crippen MR) is 87.3 cm³/mol. The Morgan fingerprint density at radius 2 is 2.11 bits per heavy atom. The summed E-state index contributed by atoms with van der Waals surface area (Å²) >= 11 is 8.75. The lowest BCUT2D eigenvalue weighted by molar-refractivity contribution is 0.956. The molecule has 0 atom stereocenters. The lowest BCUT2D eigenvalue weighted by Gasteiger charge is -2.01. The third-order valence-corrected chi connectivity index (χ3v) is 5.42. The fraction of sp³-hybridized carbons (Fsp3) is 0.154. The zero-order valence-electron chi connectivity index (χ0n) is 10.2. The molecule has 2 heterocycles. The number of benzene rings is 1. The Morgan fingerprint density at radius 3 is 2.74 bits per heavy atom. The van der Waals surface area contributed by atoms with Gasteiger partial charge in [-0.2, -0.15) is 0 Å². The smallest absolute Gasteiger partial charge is 0.142 e. The fourth-order valence-electron chi connectivity index (χ4n) is 2.10. The topological polar surface area (TPSA) is 43.8 Å². The van der Waals surface area contributed by atoms with Gasteiger partial charge in [-0.25, -0.2) is 4.98 Å². The number of nitrogens with zero attached hydrogens (tertiary/aromatic N) is 2. The van der Waals surface area contributed by atoms with Gasteiger partial charge in [0.15, 0.2) is 0 Å². The maximum absolute atomic E-state index is 5.69. The number of imidazole rings is 1. The summed E-state index contributed by atoms with van der Waals surface area (Å²) in [6.07, 6.45) is 0. The maximum atomic E-state index is 5.69. The molecule has 2 aromatic heterocycles. The van der Waals surface area contributed by atoms with E-state index in [2.05, 4.69) is 48.6 Å². The van der Waals surface area contributed by atoms with Crippen LogP contribution in [0.15, 0.2) is 31.8 Å². The molecule has 0 spiro atoms. The summed E-state index contributed by atoms with van der Waals surface area (Å²) in [6.45, 7) is 0.546. The van der Waals surface area contributed by atoms with Crippen molar-refractivity contribution in [2.75, 3.05) is 0 Å². The monoisotopic (exact) mass is 399 g/mol. The number of fused-ring (bicyclic) bond motifs is 1. The Kier molecular flexibility index (Phi) is 3.51. The van der Waals surface area contributed by atoms with E-state index in [-0.39, 0.29) is 0 Å². The van der Waals surface area contributed by atoms with Gasteiger partial charge in [-0.3, -0.25) is 0 Å². The van der Waals surface area contributed by atoms with E-state index in [0.717, 1.165) is 35.6 Å². The number of halogens is 2. The van der Waals surface area contributed by atoms with Gasteiger partial charge < -0.3 is 10.3 Å². The van der Waals surface area contributed by atoms with Crippen molar-refractivity contribution in [3.8, 4) is 11.4 Å². The van der Waals surface area contributed by atoms with Gasteiger partial charge in [0.1, 0.15) is 5.82 Å². The van der Waals surface area contributed by atoms with Crippen molar-refractivity contribution >= 4 is 54.2 Å². The molecule has 0 saturated heterocycles.